The van der Waals surface area contributed by atoms with E-state index < -0.39 is 11.4 Å². The van der Waals surface area contributed by atoms with E-state index in [9.17, 15) is 19.5 Å². The van der Waals surface area contributed by atoms with Gasteiger partial charge in [0, 0.05) is 36.7 Å². The number of carboxylic acids is 1. The molecule has 0 saturated carbocycles. The van der Waals surface area contributed by atoms with E-state index in [-0.39, 0.29) is 29.9 Å². The van der Waals surface area contributed by atoms with Crippen LogP contribution < -0.4 is 0 Å². The molecule has 2 fully saturated rings. The van der Waals surface area contributed by atoms with Crippen LogP contribution in [0, 0.1) is 11.3 Å². The Morgan fingerprint density at radius 2 is 1.89 bits per heavy atom. The Kier molecular flexibility index (Phi) is 4.55. The molecule has 2 aromatic rings. The lowest BCUT2D eigenvalue weighted by Gasteiger charge is -2.33. The highest BCUT2D eigenvalue weighted by molar-refractivity contribution is 5.95. The van der Waals surface area contributed by atoms with Crippen LogP contribution in [0.2, 0.25) is 0 Å². The van der Waals surface area contributed by atoms with E-state index in [1.165, 1.54) is 6.92 Å². The van der Waals surface area contributed by atoms with Crippen molar-refractivity contribution in [2.75, 3.05) is 26.3 Å². The van der Waals surface area contributed by atoms with E-state index in [1.54, 1.807) is 41.3 Å². The fourth-order valence-electron chi connectivity index (χ4n) is 4.09. The molecule has 1 amide bonds. The van der Waals surface area contributed by atoms with Gasteiger partial charge in [-0.15, -0.1) is 0 Å². The molecule has 0 bridgehead atoms. The monoisotopic (exact) mass is 383 g/mol. The van der Waals surface area contributed by atoms with Crippen molar-refractivity contribution in [3.63, 3.8) is 0 Å². The lowest BCUT2D eigenvalue weighted by Crippen LogP contribution is -2.45. The van der Waals surface area contributed by atoms with Crippen molar-refractivity contribution >= 4 is 17.7 Å². The minimum absolute atomic E-state index is 0.0197. The normalized spacial score (nSPS) is 24.0. The van der Waals surface area contributed by atoms with Crippen molar-refractivity contribution in [1.29, 1.82) is 0 Å². The zero-order chi connectivity index (χ0) is 19.9. The first-order valence-electron chi connectivity index (χ1n) is 9.22. The zero-order valence-electron chi connectivity index (χ0n) is 15.5. The summed E-state index contributed by atoms with van der Waals surface area (Å²) in [5.74, 6) is -0.731. The fourth-order valence-corrected chi connectivity index (χ4v) is 4.09. The molecule has 146 valence electrons. The first-order chi connectivity index (χ1) is 13.4. The Bertz CT molecular complexity index is 931. The third-order valence-corrected chi connectivity index (χ3v) is 5.81. The van der Waals surface area contributed by atoms with Crippen LogP contribution in [0.1, 0.15) is 34.3 Å². The molecular weight excluding hydrogens is 362 g/mol. The maximum Gasteiger partial charge on any atom is 0.311 e. The standard InChI is InChI=1S/C21H21NO6/c1-13(23)14-2-4-15(5-3-14)17-6-7-18(28-17)19(24)22-10-16-11-27-9-8-21(16,12-22)20(25)26/h2-7,16H,8-12H2,1H3,(H,25,26)/t16-,21+/m0/s1. The average molecular weight is 383 g/mol. The summed E-state index contributed by atoms with van der Waals surface area (Å²) in [5.41, 5.74) is 0.424. The summed E-state index contributed by atoms with van der Waals surface area (Å²) in [7, 11) is 0. The van der Waals surface area contributed by atoms with Gasteiger partial charge in [0.1, 0.15) is 5.76 Å². The average Bonchev–Trinajstić information content (AvgIpc) is 3.33. The maximum absolute atomic E-state index is 12.9. The van der Waals surface area contributed by atoms with Crippen molar-refractivity contribution in [2.45, 2.75) is 13.3 Å². The Balaban J connectivity index is 1.53. The van der Waals surface area contributed by atoms with Gasteiger partial charge in [0.05, 0.1) is 12.0 Å². The summed E-state index contributed by atoms with van der Waals surface area (Å²) >= 11 is 0. The van der Waals surface area contributed by atoms with Crippen LogP contribution in [0.25, 0.3) is 11.3 Å². The van der Waals surface area contributed by atoms with Crippen LogP contribution in [-0.4, -0.2) is 54.0 Å². The Hall–Kier alpha value is -2.93. The Labute approximate surface area is 161 Å². The second-order valence-corrected chi connectivity index (χ2v) is 7.47. The molecule has 2 atom stereocenters. The smallest absolute Gasteiger partial charge is 0.311 e. The second kappa shape index (κ2) is 6.91. The number of aliphatic carboxylic acids is 1. The van der Waals surface area contributed by atoms with Crippen LogP contribution in [0.3, 0.4) is 0 Å². The van der Waals surface area contributed by atoms with Gasteiger partial charge in [-0.2, -0.15) is 0 Å². The third kappa shape index (κ3) is 3.01. The summed E-state index contributed by atoms with van der Waals surface area (Å²) in [5, 5.41) is 9.74. The topological polar surface area (TPSA) is 97.0 Å². The minimum Gasteiger partial charge on any atom is -0.481 e. The molecule has 1 aromatic heterocycles. The molecule has 1 aromatic carbocycles. The predicted octanol–water partition coefficient (Wildman–Crippen LogP) is 2.71. The first kappa shape index (κ1) is 18.4. The van der Waals surface area contributed by atoms with Crippen LogP contribution in [0.5, 0.6) is 0 Å². The lowest BCUT2D eigenvalue weighted by atomic mass is 9.74. The molecular formula is C21H21NO6. The minimum atomic E-state index is -0.939. The number of fused-ring (bicyclic) bond motifs is 1. The third-order valence-electron chi connectivity index (χ3n) is 5.81. The molecule has 0 unspecified atom stereocenters. The number of ketones is 1. The Morgan fingerprint density at radius 1 is 1.14 bits per heavy atom. The summed E-state index contributed by atoms with van der Waals surface area (Å²) in [6.45, 7) is 2.75. The number of Topliss-reactive ketones (excluding diaryl/α,β-unsaturated/α-hetero) is 1. The van der Waals surface area contributed by atoms with E-state index in [0.29, 0.717) is 37.5 Å². The van der Waals surface area contributed by atoms with Gasteiger partial charge in [-0.3, -0.25) is 14.4 Å². The molecule has 2 aliphatic heterocycles. The number of amides is 1. The van der Waals surface area contributed by atoms with E-state index >= 15 is 0 Å². The number of likely N-dealkylation sites (tertiary alicyclic amines) is 1. The molecule has 3 heterocycles. The maximum atomic E-state index is 12.9. The number of nitrogens with zero attached hydrogens (tertiary/aromatic N) is 1. The molecule has 0 spiro atoms. The van der Waals surface area contributed by atoms with E-state index in [0.717, 1.165) is 5.56 Å². The lowest BCUT2D eigenvalue weighted by molar-refractivity contribution is -0.157. The summed E-state index contributed by atoms with van der Waals surface area (Å²) < 4.78 is 11.2. The van der Waals surface area contributed by atoms with Crippen LogP contribution >= 0.6 is 0 Å². The van der Waals surface area contributed by atoms with Gasteiger partial charge < -0.3 is 19.2 Å². The van der Waals surface area contributed by atoms with Crippen molar-refractivity contribution in [3.8, 4) is 11.3 Å². The molecule has 7 heteroatoms. The molecule has 28 heavy (non-hydrogen) atoms. The van der Waals surface area contributed by atoms with Crippen molar-refractivity contribution in [1.82, 2.24) is 4.90 Å². The van der Waals surface area contributed by atoms with Gasteiger partial charge in [0.2, 0.25) is 0 Å². The number of rotatable bonds is 4. The molecule has 4 rings (SSSR count). The molecule has 0 radical (unpaired) electrons. The van der Waals surface area contributed by atoms with E-state index in [1.807, 2.05) is 0 Å². The van der Waals surface area contributed by atoms with E-state index in [2.05, 4.69) is 0 Å². The number of hydrogen-bond acceptors (Lipinski definition) is 5. The summed E-state index contributed by atoms with van der Waals surface area (Å²) in [4.78, 5) is 37.7. The number of carbonyl (C=O) groups excluding carboxylic acids is 2. The van der Waals surface area contributed by atoms with Gasteiger partial charge in [-0.25, -0.2) is 0 Å². The number of hydrogen-bond donors (Lipinski definition) is 1. The first-order valence-corrected chi connectivity index (χ1v) is 9.22. The number of carbonyl (C=O) groups is 3. The molecule has 0 aliphatic carbocycles. The fraction of sp³-hybridized carbons (Fsp3) is 0.381. The second-order valence-electron chi connectivity index (χ2n) is 7.47. The highest BCUT2D eigenvalue weighted by Crippen LogP contribution is 2.43. The largest absolute Gasteiger partial charge is 0.481 e. The molecule has 2 saturated heterocycles. The highest BCUT2D eigenvalue weighted by atomic mass is 16.5. The van der Waals surface area contributed by atoms with Gasteiger partial charge in [0.25, 0.3) is 5.91 Å². The van der Waals surface area contributed by atoms with Gasteiger partial charge in [-0.05, 0) is 25.5 Å². The quantitative estimate of drug-likeness (QED) is 0.816. The van der Waals surface area contributed by atoms with Crippen LogP contribution in [0.4, 0.5) is 0 Å². The van der Waals surface area contributed by atoms with Crippen molar-refractivity contribution in [3.05, 3.63) is 47.7 Å². The Morgan fingerprint density at radius 3 is 2.54 bits per heavy atom. The van der Waals surface area contributed by atoms with E-state index in [4.69, 9.17) is 9.15 Å². The molecule has 7 nitrogen and oxygen atoms in total. The van der Waals surface area contributed by atoms with Crippen molar-refractivity contribution in [2.24, 2.45) is 11.3 Å². The van der Waals surface area contributed by atoms with Crippen molar-refractivity contribution < 1.29 is 28.6 Å². The van der Waals surface area contributed by atoms with Crippen LogP contribution in [0.15, 0.2) is 40.8 Å². The number of ether oxygens (including phenoxy) is 1. The van der Waals surface area contributed by atoms with Gasteiger partial charge in [-0.1, -0.05) is 24.3 Å². The highest BCUT2D eigenvalue weighted by Gasteiger charge is 2.55. The number of benzene rings is 1. The van der Waals surface area contributed by atoms with Gasteiger partial charge >= 0.3 is 5.97 Å². The SMILES string of the molecule is CC(=O)c1ccc(-c2ccc(C(=O)N3C[C@H]4COCC[C@@]4(C(=O)O)C3)o2)cc1. The van der Waals surface area contributed by atoms with Gasteiger partial charge in [0.15, 0.2) is 11.5 Å². The predicted molar refractivity (Wildman–Crippen MR) is 99.0 cm³/mol. The number of furan rings is 1. The molecule has 1 N–H and O–H groups in total. The summed E-state index contributed by atoms with van der Waals surface area (Å²) in [6.07, 6.45) is 0.405. The molecule has 2 aliphatic rings. The number of carboxylic acid groups (broad SMARTS) is 1. The van der Waals surface area contributed by atoms with Crippen LogP contribution in [-0.2, 0) is 9.53 Å². The zero-order valence-corrected chi connectivity index (χ0v) is 15.5. The summed E-state index contributed by atoms with van der Waals surface area (Å²) in [6, 6.07) is 10.3.